The van der Waals surface area contributed by atoms with Gasteiger partial charge in [0.1, 0.15) is 0 Å². The van der Waals surface area contributed by atoms with Crippen LogP contribution in [-0.2, 0) is 9.47 Å². The first-order chi connectivity index (χ1) is 13.3. The molecule has 1 aromatic carbocycles. The third-order valence-corrected chi connectivity index (χ3v) is 5.84. The number of aromatic nitrogens is 1. The number of pyridine rings is 1. The predicted octanol–water partition coefficient (Wildman–Crippen LogP) is 4.28. The van der Waals surface area contributed by atoms with Gasteiger partial charge >= 0.3 is 6.09 Å². The van der Waals surface area contributed by atoms with E-state index in [-0.39, 0.29) is 6.79 Å². The molecule has 2 aromatic rings. The number of hydrogen-bond donors (Lipinski definition) is 0. The summed E-state index contributed by atoms with van der Waals surface area (Å²) in [5.74, 6) is 0.597. The van der Waals surface area contributed by atoms with E-state index in [0.717, 1.165) is 35.1 Å². The van der Waals surface area contributed by atoms with Crippen molar-refractivity contribution >= 4 is 29.4 Å². The summed E-state index contributed by atoms with van der Waals surface area (Å²) in [6.45, 7) is 3.65. The molecule has 1 amide bonds. The van der Waals surface area contributed by atoms with Gasteiger partial charge in [-0.1, -0.05) is 30.3 Å². The molecule has 1 fully saturated rings. The number of rotatable bonds is 5. The van der Waals surface area contributed by atoms with Crippen molar-refractivity contribution in [2.24, 2.45) is 0 Å². The van der Waals surface area contributed by atoms with Gasteiger partial charge in [0.05, 0.1) is 17.2 Å². The molecule has 0 N–H and O–H groups in total. The first-order valence-electron chi connectivity index (χ1n) is 9.32. The SMILES string of the molecule is O=C(OCOCCN1CCCCC1)N1c2ccccc2Sc2cccnc21. The van der Waals surface area contributed by atoms with Crippen LogP contribution in [0.2, 0.25) is 0 Å². The highest BCUT2D eigenvalue weighted by Crippen LogP contribution is 2.46. The Hall–Kier alpha value is -2.09. The van der Waals surface area contributed by atoms with Crippen molar-refractivity contribution in [2.45, 2.75) is 29.1 Å². The standard InChI is InChI=1S/C20H23N3O3S/c24-20(26-15-25-14-13-22-11-4-1-5-12-22)23-16-7-2-3-8-17(16)27-18-9-6-10-21-19(18)23/h2-3,6-10H,1,4-5,11-15H2. The van der Waals surface area contributed by atoms with Gasteiger partial charge < -0.3 is 14.4 Å². The van der Waals surface area contributed by atoms with Gasteiger partial charge in [0, 0.05) is 17.6 Å². The second-order valence-electron chi connectivity index (χ2n) is 6.57. The molecule has 1 saturated heterocycles. The molecule has 7 heteroatoms. The molecule has 0 saturated carbocycles. The molecule has 27 heavy (non-hydrogen) atoms. The molecule has 2 aliphatic rings. The second kappa shape index (κ2) is 8.73. The summed E-state index contributed by atoms with van der Waals surface area (Å²) in [4.78, 5) is 23.0. The third kappa shape index (κ3) is 4.26. The normalized spacial score (nSPS) is 16.5. The van der Waals surface area contributed by atoms with Crippen LogP contribution in [0.1, 0.15) is 19.3 Å². The minimum absolute atomic E-state index is 0.0549. The smallest absolute Gasteiger partial charge is 0.422 e. The summed E-state index contributed by atoms with van der Waals surface area (Å²) in [6, 6.07) is 11.6. The lowest BCUT2D eigenvalue weighted by molar-refractivity contribution is -0.0200. The Kier molecular flexibility index (Phi) is 5.91. The minimum Gasteiger partial charge on any atom is -0.422 e. The Labute approximate surface area is 163 Å². The maximum atomic E-state index is 12.8. The zero-order valence-corrected chi connectivity index (χ0v) is 16.0. The fraction of sp³-hybridized carbons (Fsp3) is 0.400. The van der Waals surface area contributed by atoms with Crippen LogP contribution in [0.15, 0.2) is 52.4 Å². The Morgan fingerprint density at radius 2 is 1.89 bits per heavy atom. The van der Waals surface area contributed by atoms with E-state index in [2.05, 4.69) is 9.88 Å². The van der Waals surface area contributed by atoms with E-state index >= 15 is 0 Å². The quantitative estimate of drug-likeness (QED) is 0.566. The maximum Gasteiger partial charge on any atom is 0.422 e. The number of anilines is 2. The van der Waals surface area contributed by atoms with E-state index in [1.54, 1.807) is 18.0 Å². The van der Waals surface area contributed by atoms with Crippen molar-refractivity contribution in [2.75, 3.05) is 37.9 Å². The largest absolute Gasteiger partial charge is 0.422 e. The first kappa shape index (κ1) is 18.3. The summed E-state index contributed by atoms with van der Waals surface area (Å²) < 4.78 is 10.9. The highest BCUT2D eigenvalue weighted by Gasteiger charge is 2.30. The van der Waals surface area contributed by atoms with Gasteiger partial charge in [0.15, 0.2) is 12.6 Å². The Morgan fingerprint density at radius 3 is 2.78 bits per heavy atom. The van der Waals surface area contributed by atoms with Crippen LogP contribution in [0.4, 0.5) is 16.3 Å². The molecule has 0 atom stereocenters. The Bertz CT molecular complexity index is 750. The topological polar surface area (TPSA) is 54.9 Å². The van der Waals surface area contributed by atoms with Crippen LogP contribution < -0.4 is 4.90 Å². The molecule has 0 bridgehead atoms. The van der Waals surface area contributed by atoms with Crippen LogP contribution in [0.3, 0.4) is 0 Å². The summed E-state index contributed by atoms with van der Waals surface area (Å²) in [5, 5.41) is 0. The number of carbonyl (C=O) groups is 1. The van der Waals surface area contributed by atoms with Gasteiger partial charge in [0.25, 0.3) is 0 Å². The van der Waals surface area contributed by atoms with Crippen molar-refractivity contribution in [1.82, 2.24) is 9.88 Å². The van der Waals surface area contributed by atoms with E-state index in [1.807, 2.05) is 36.4 Å². The van der Waals surface area contributed by atoms with E-state index in [0.29, 0.717) is 12.4 Å². The molecule has 2 aliphatic heterocycles. The summed E-state index contributed by atoms with van der Waals surface area (Å²) in [5.41, 5.74) is 0.784. The molecule has 0 radical (unpaired) electrons. The van der Waals surface area contributed by atoms with Crippen LogP contribution in [0, 0.1) is 0 Å². The molecule has 0 spiro atoms. The van der Waals surface area contributed by atoms with Crippen molar-refractivity contribution in [1.29, 1.82) is 0 Å². The molecule has 142 valence electrons. The van der Waals surface area contributed by atoms with Crippen LogP contribution in [0.25, 0.3) is 0 Å². The lowest BCUT2D eigenvalue weighted by atomic mass is 10.1. The number of amides is 1. The van der Waals surface area contributed by atoms with E-state index in [4.69, 9.17) is 9.47 Å². The lowest BCUT2D eigenvalue weighted by Gasteiger charge is -2.29. The van der Waals surface area contributed by atoms with Crippen LogP contribution >= 0.6 is 11.8 Å². The zero-order chi connectivity index (χ0) is 18.5. The lowest BCUT2D eigenvalue weighted by Crippen LogP contribution is -2.33. The Morgan fingerprint density at radius 1 is 1.07 bits per heavy atom. The van der Waals surface area contributed by atoms with Gasteiger partial charge in [-0.05, 0) is 50.2 Å². The molecule has 4 rings (SSSR count). The number of carbonyl (C=O) groups excluding carboxylic acids is 1. The number of nitrogens with zero attached hydrogens (tertiary/aromatic N) is 3. The van der Waals surface area contributed by atoms with Crippen molar-refractivity contribution < 1.29 is 14.3 Å². The summed E-state index contributed by atoms with van der Waals surface area (Å²) in [6.07, 6.45) is 5.05. The maximum absolute atomic E-state index is 12.8. The number of para-hydroxylation sites is 1. The van der Waals surface area contributed by atoms with Gasteiger partial charge in [-0.2, -0.15) is 0 Å². The fourth-order valence-electron chi connectivity index (χ4n) is 3.37. The minimum atomic E-state index is -0.472. The second-order valence-corrected chi connectivity index (χ2v) is 7.65. The number of ether oxygens (including phenoxy) is 2. The third-order valence-electron chi connectivity index (χ3n) is 4.74. The fourth-order valence-corrected chi connectivity index (χ4v) is 4.40. The molecule has 3 heterocycles. The Balaban J connectivity index is 1.36. The van der Waals surface area contributed by atoms with Gasteiger partial charge in [-0.3, -0.25) is 0 Å². The number of benzene rings is 1. The van der Waals surface area contributed by atoms with E-state index in [1.165, 1.54) is 24.2 Å². The average molecular weight is 385 g/mol. The average Bonchev–Trinajstić information content (AvgIpc) is 2.72. The molecule has 6 nitrogen and oxygen atoms in total. The van der Waals surface area contributed by atoms with Crippen molar-refractivity contribution in [3.8, 4) is 0 Å². The van der Waals surface area contributed by atoms with Crippen molar-refractivity contribution in [3.05, 3.63) is 42.6 Å². The number of likely N-dealkylation sites (tertiary alicyclic amines) is 1. The highest BCUT2D eigenvalue weighted by atomic mass is 32.2. The van der Waals surface area contributed by atoms with Crippen LogP contribution in [0.5, 0.6) is 0 Å². The molecular formula is C20H23N3O3S. The number of piperidine rings is 1. The van der Waals surface area contributed by atoms with Crippen LogP contribution in [-0.4, -0.2) is 49.0 Å². The van der Waals surface area contributed by atoms with Crippen molar-refractivity contribution in [3.63, 3.8) is 0 Å². The monoisotopic (exact) mass is 385 g/mol. The molecular weight excluding hydrogens is 362 g/mol. The van der Waals surface area contributed by atoms with Gasteiger partial charge in [0.2, 0.25) is 0 Å². The number of hydrogen-bond acceptors (Lipinski definition) is 6. The molecule has 0 unspecified atom stereocenters. The summed E-state index contributed by atoms with van der Waals surface area (Å²) >= 11 is 1.60. The van der Waals surface area contributed by atoms with E-state index < -0.39 is 6.09 Å². The molecule has 0 aliphatic carbocycles. The predicted molar refractivity (Wildman–Crippen MR) is 105 cm³/mol. The first-order valence-corrected chi connectivity index (χ1v) is 10.1. The summed E-state index contributed by atoms with van der Waals surface area (Å²) in [7, 11) is 0. The van der Waals surface area contributed by atoms with Gasteiger partial charge in [-0.25, -0.2) is 14.7 Å². The zero-order valence-electron chi connectivity index (χ0n) is 15.2. The van der Waals surface area contributed by atoms with E-state index in [9.17, 15) is 4.79 Å². The highest BCUT2D eigenvalue weighted by molar-refractivity contribution is 7.99. The van der Waals surface area contributed by atoms with Gasteiger partial charge in [-0.15, -0.1) is 0 Å². The molecule has 1 aromatic heterocycles. The number of fused-ring (bicyclic) bond motifs is 2.